The summed E-state index contributed by atoms with van der Waals surface area (Å²) in [6, 6.07) is 5.24. The molecule has 0 spiro atoms. The van der Waals surface area contributed by atoms with Gasteiger partial charge in [0.05, 0.1) is 23.6 Å². The SMILES string of the molecule is CCC(CC)C(=O)c1c[nH]c2c(OC)cccc2c1=O. The molecule has 1 aromatic carbocycles. The third kappa shape index (κ3) is 2.33. The van der Waals surface area contributed by atoms with Gasteiger partial charge in [0.1, 0.15) is 5.75 Å². The summed E-state index contributed by atoms with van der Waals surface area (Å²) in [4.78, 5) is 27.9. The smallest absolute Gasteiger partial charge is 0.200 e. The highest BCUT2D eigenvalue weighted by atomic mass is 16.5. The molecule has 0 amide bonds. The van der Waals surface area contributed by atoms with Gasteiger partial charge in [-0.1, -0.05) is 19.9 Å². The summed E-state index contributed by atoms with van der Waals surface area (Å²) in [7, 11) is 1.55. The lowest BCUT2D eigenvalue weighted by atomic mass is 9.93. The van der Waals surface area contributed by atoms with Crippen LogP contribution in [0.1, 0.15) is 37.0 Å². The average Bonchev–Trinajstić information content (AvgIpc) is 2.48. The first-order chi connectivity index (χ1) is 9.63. The van der Waals surface area contributed by atoms with Crippen LogP contribution in [0.5, 0.6) is 5.75 Å². The molecule has 0 atom stereocenters. The van der Waals surface area contributed by atoms with Crippen LogP contribution in [0.4, 0.5) is 0 Å². The maximum Gasteiger partial charge on any atom is 0.200 e. The van der Waals surface area contributed by atoms with Gasteiger partial charge in [0.15, 0.2) is 11.2 Å². The second-order valence-corrected chi connectivity index (χ2v) is 4.79. The fourth-order valence-corrected chi connectivity index (χ4v) is 2.46. The van der Waals surface area contributed by atoms with Crippen LogP contribution in [0.25, 0.3) is 10.9 Å². The molecule has 0 fully saturated rings. The Bertz CT molecular complexity index is 684. The molecule has 0 bridgehead atoms. The molecule has 1 heterocycles. The predicted octanol–water partition coefficient (Wildman–Crippen LogP) is 3.16. The van der Waals surface area contributed by atoms with E-state index in [1.165, 1.54) is 6.20 Å². The average molecular weight is 273 g/mol. The molecule has 4 heteroatoms. The molecule has 2 aromatic rings. The number of aromatic amines is 1. The Labute approximate surface area is 117 Å². The van der Waals surface area contributed by atoms with Gasteiger partial charge < -0.3 is 9.72 Å². The highest BCUT2D eigenvalue weighted by Gasteiger charge is 2.20. The van der Waals surface area contributed by atoms with Gasteiger partial charge in [-0.05, 0) is 25.0 Å². The third-order valence-electron chi connectivity index (χ3n) is 3.72. The second kappa shape index (κ2) is 5.90. The topological polar surface area (TPSA) is 59.2 Å². The summed E-state index contributed by atoms with van der Waals surface area (Å²) < 4.78 is 5.22. The molecule has 0 aliphatic carbocycles. The van der Waals surface area contributed by atoms with Crippen molar-refractivity contribution in [1.29, 1.82) is 0 Å². The first kappa shape index (κ1) is 14.3. The Kier molecular flexibility index (Phi) is 4.23. The number of ketones is 1. The van der Waals surface area contributed by atoms with Crippen molar-refractivity contribution >= 4 is 16.7 Å². The van der Waals surface area contributed by atoms with E-state index in [1.54, 1.807) is 25.3 Å². The number of carbonyl (C=O) groups is 1. The highest BCUT2D eigenvalue weighted by Crippen LogP contribution is 2.22. The van der Waals surface area contributed by atoms with Crippen LogP contribution < -0.4 is 10.2 Å². The number of pyridine rings is 1. The maximum absolute atomic E-state index is 12.5. The number of methoxy groups -OCH3 is 1. The van der Waals surface area contributed by atoms with Crippen LogP contribution in [-0.2, 0) is 0 Å². The zero-order valence-electron chi connectivity index (χ0n) is 12.0. The molecular weight excluding hydrogens is 254 g/mol. The van der Waals surface area contributed by atoms with E-state index in [4.69, 9.17) is 4.74 Å². The minimum Gasteiger partial charge on any atom is -0.495 e. The summed E-state index contributed by atoms with van der Waals surface area (Å²) in [6.07, 6.45) is 2.99. The molecule has 1 aromatic heterocycles. The number of nitrogens with one attached hydrogen (secondary N) is 1. The molecule has 2 rings (SSSR count). The molecule has 1 N–H and O–H groups in total. The summed E-state index contributed by atoms with van der Waals surface area (Å²) in [5, 5.41) is 0.487. The van der Waals surface area contributed by atoms with Gasteiger partial charge in [-0.25, -0.2) is 0 Å². The van der Waals surface area contributed by atoms with Gasteiger partial charge in [-0.3, -0.25) is 9.59 Å². The number of rotatable bonds is 5. The zero-order valence-corrected chi connectivity index (χ0v) is 12.0. The Morgan fingerprint density at radius 1 is 1.30 bits per heavy atom. The third-order valence-corrected chi connectivity index (χ3v) is 3.72. The van der Waals surface area contributed by atoms with E-state index in [9.17, 15) is 9.59 Å². The van der Waals surface area contributed by atoms with Crippen molar-refractivity contribution in [2.24, 2.45) is 5.92 Å². The summed E-state index contributed by atoms with van der Waals surface area (Å²) >= 11 is 0. The molecule has 0 aliphatic heterocycles. The largest absolute Gasteiger partial charge is 0.495 e. The van der Waals surface area contributed by atoms with Gasteiger partial charge >= 0.3 is 0 Å². The molecule has 20 heavy (non-hydrogen) atoms. The quantitative estimate of drug-likeness (QED) is 0.851. The normalized spacial score (nSPS) is 11.0. The summed E-state index contributed by atoms with van der Waals surface area (Å²) in [6.45, 7) is 3.93. The number of para-hydroxylation sites is 1. The molecule has 0 radical (unpaired) electrons. The highest BCUT2D eigenvalue weighted by molar-refractivity contribution is 6.00. The van der Waals surface area contributed by atoms with Crippen molar-refractivity contribution in [3.63, 3.8) is 0 Å². The lowest BCUT2D eigenvalue weighted by Gasteiger charge is -2.11. The minimum atomic E-state index is -0.227. The van der Waals surface area contributed by atoms with Gasteiger partial charge in [0.25, 0.3) is 0 Å². The molecule has 4 nitrogen and oxygen atoms in total. The van der Waals surface area contributed by atoms with E-state index in [0.717, 1.165) is 12.8 Å². The van der Waals surface area contributed by atoms with Gasteiger partial charge in [0, 0.05) is 12.1 Å². The van der Waals surface area contributed by atoms with E-state index in [2.05, 4.69) is 4.98 Å². The molecule has 0 saturated carbocycles. The number of carbonyl (C=O) groups excluding carboxylic acids is 1. The van der Waals surface area contributed by atoms with Crippen LogP contribution >= 0.6 is 0 Å². The number of hydrogen-bond acceptors (Lipinski definition) is 3. The number of ether oxygens (including phenoxy) is 1. The standard InChI is InChI=1S/C16H19NO3/c1-4-10(5-2)15(18)12-9-17-14-11(16(12)19)7-6-8-13(14)20-3/h6-10H,4-5H2,1-3H3,(H,17,19). The molecule has 106 valence electrons. The summed E-state index contributed by atoms with van der Waals surface area (Å²) in [5.74, 6) is 0.418. The monoisotopic (exact) mass is 273 g/mol. The second-order valence-electron chi connectivity index (χ2n) is 4.79. The van der Waals surface area contributed by atoms with Gasteiger partial charge in [0.2, 0.25) is 0 Å². The fraction of sp³-hybridized carbons (Fsp3) is 0.375. The first-order valence-corrected chi connectivity index (χ1v) is 6.86. The van der Waals surface area contributed by atoms with Gasteiger partial charge in [-0.15, -0.1) is 0 Å². The molecular formula is C16H19NO3. The number of hydrogen-bond donors (Lipinski definition) is 1. The number of aromatic nitrogens is 1. The van der Waals surface area contributed by atoms with E-state index in [0.29, 0.717) is 16.7 Å². The minimum absolute atomic E-state index is 0.0824. The van der Waals surface area contributed by atoms with E-state index >= 15 is 0 Å². The molecule has 0 saturated heterocycles. The number of fused-ring (bicyclic) bond motifs is 1. The van der Waals surface area contributed by atoms with Crippen LogP contribution in [0.3, 0.4) is 0 Å². The fourth-order valence-electron chi connectivity index (χ4n) is 2.46. The van der Waals surface area contributed by atoms with Crippen molar-refractivity contribution < 1.29 is 9.53 Å². The first-order valence-electron chi connectivity index (χ1n) is 6.86. The van der Waals surface area contributed by atoms with E-state index in [-0.39, 0.29) is 22.7 Å². The van der Waals surface area contributed by atoms with Crippen molar-refractivity contribution in [3.05, 3.63) is 40.2 Å². The number of H-pyrrole nitrogens is 1. The van der Waals surface area contributed by atoms with Crippen molar-refractivity contribution in [3.8, 4) is 5.75 Å². The Hall–Kier alpha value is -2.10. The van der Waals surface area contributed by atoms with Crippen LogP contribution in [0.15, 0.2) is 29.2 Å². The van der Waals surface area contributed by atoms with E-state index in [1.807, 2.05) is 13.8 Å². The van der Waals surface area contributed by atoms with Crippen LogP contribution in [0, 0.1) is 5.92 Å². The van der Waals surface area contributed by atoms with Crippen molar-refractivity contribution in [1.82, 2.24) is 4.98 Å². The Balaban J connectivity index is 2.61. The number of Topliss-reactive ketones (excluding diaryl/α,β-unsaturated/α-hetero) is 1. The zero-order chi connectivity index (χ0) is 14.7. The maximum atomic E-state index is 12.5. The van der Waals surface area contributed by atoms with Crippen molar-refractivity contribution in [2.45, 2.75) is 26.7 Å². The molecule has 0 aliphatic rings. The van der Waals surface area contributed by atoms with Gasteiger partial charge in [-0.2, -0.15) is 0 Å². The van der Waals surface area contributed by atoms with E-state index < -0.39 is 0 Å². The molecule has 0 unspecified atom stereocenters. The predicted molar refractivity (Wildman–Crippen MR) is 79.5 cm³/mol. The Morgan fingerprint density at radius 3 is 2.60 bits per heavy atom. The summed E-state index contributed by atoms with van der Waals surface area (Å²) in [5.41, 5.74) is 0.634. The Morgan fingerprint density at radius 2 is 2.00 bits per heavy atom. The van der Waals surface area contributed by atoms with Crippen LogP contribution in [0.2, 0.25) is 0 Å². The van der Waals surface area contributed by atoms with Crippen molar-refractivity contribution in [2.75, 3.05) is 7.11 Å². The van der Waals surface area contributed by atoms with Crippen LogP contribution in [-0.4, -0.2) is 17.9 Å². The lowest BCUT2D eigenvalue weighted by Crippen LogP contribution is -2.22. The number of benzene rings is 1. The lowest BCUT2D eigenvalue weighted by molar-refractivity contribution is 0.0912.